The van der Waals surface area contributed by atoms with Crippen LogP contribution in [0.4, 0.5) is 5.82 Å². The third-order valence-electron chi connectivity index (χ3n) is 6.04. The summed E-state index contributed by atoms with van der Waals surface area (Å²) in [6.45, 7) is 11.9. The van der Waals surface area contributed by atoms with Crippen molar-refractivity contribution in [1.29, 1.82) is 0 Å². The van der Waals surface area contributed by atoms with Crippen molar-refractivity contribution in [2.24, 2.45) is 33.9 Å². The van der Waals surface area contributed by atoms with Gasteiger partial charge in [0.2, 0.25) is 5.88 Å². The van der Waals surface area contributed by atoms with E-state index < -0.39 is 11.0 Å². The zero-order valence-electron chi connectivity index (χ0n) is 20.2. The molecule has 0 radical (unpaired) electrons. The number of aromatic nitrogens is 4. The number of aliphatic imine (C=N–C) groups is 2. The summed E-state index contributed by atoms with van der Waals surface area (Å²) in [6.07, 6.45) is 4.88. The fourth-order valence-electron chi connectivity index (χ4n) is 3.02. The number of amidine groups is 1. The van der Waals surface area contributed by atoms with Crippen LogP contribution < -0.4 is 21.9 Å². The van der Waals surface area contributed by atoms with Gasteiger partial charge in [0.05, 0.1) is 17.8 Å². The summed E-state index contributed by atoms with van der Waals surface area (Å²) < 4.78 is 8.18. The highest BCUT2D eigenvalue weighted by Crippen LogP contribution is 2.41. The van der Waals surface area contributed by atoms with Crippen LogP contribution in [0.25, 0.3) is 11.4 Å². The SMILES string of the molecule is CN=CC(C(N)=NC(C)C(C)(C)C(C)(C)Oc1c(-c2nccc(N)n2)cnn1C)=C(C)N. The number of aryl methyl sites for hydroxylation is 1. The number of hydrogen-bond donors (Lipinski definition) is 3. The summed E-state index contributed by atoms with van der Waals surface area (Å²) in [5.74, 6) is 1.69. The van der Waals surface area contributed by atoms with E-state index in [0.717, 1.165) is 0 Å². The second kappa shape index (κ2) is 9.37. The molecule has 0 saturated carbocycles. The zero-order chi connectivity index (χ0) is 24.3. The average Bonchev–Trinajstić information content (AvgIpc) is 3.05. The van der Waals surface area contributed by atoms with Crippen LogP contribution in [0.15, 0.2) is 39.7 Å². The molecule has 0 aliphatic heterocycles. The van der Waals surface area contributed by atoms with Gasteiger partial charge in [-0.1, -0.05) is 13.8 Å². The minimum atomic E-state index is -0.681. The fourth-order valence-corrected chi connectivity index (χ4v) is 3.02. The van der Waals surface area contributed by atoms with E-state index in [2.05, 4.69) is 33.9 Å². The Bertz CT molecular complexity index is 1040. The minimum absolute atomic E-state index is 0.211. The Kier molecular flexibility index (Phi) is 7.27. The molecule has 2 aromatic rings. The molecule has 174 valence electrons. The van der Waals surface area contributed by atoms with Crippen LogP contribution in [0.5, 0.6) is 5.88 Å². The number of nitrogens with two attached hydrogens (primary N) is 3. The Morgan fingerprint density at radius 2 is 1.91 bits per heavy atom. The molecule has 0 fully saturated rings. The van der Waals surface area contributed by atoms with Crippen molar-refractivity contribution in [3.05, 3.63) is 29.7 Å². The summed E-state index contributed by atoms with van der Waals surface area (Å²) in [5.41, 5.74) is 18.7. The van der Waals surface area contributed by atoms with Crippen LogP contribution in [-0.4, -0.2) is 50.5 Å². The maximum Gasteiger partial charge on any atom is 0.223 e. The Hall–Kier alpha value is -3.43. The third-order valence-corrected chi connectivity index (χ3v) is 6.04. The lowest BCUT2D eigenvalue weighted by molar-refractivity contribution is -0.0278. The Labute approximate surface area is 189 Å². The maximum atomic E-state index is 6.53. The highest BCUT2D eigenvalue weighted by atomic mass is 16.5. The van der Waals surface area contributed by atoms with Gasteiger partial charge in [-0.2, -0.15) is 5.10 Å². The molecule has 0 amide bonds. The number of hydrogen-bond acceptors (Lipinski definition) is 8. The molecular weight excluding hydrogens is 406 g/mol. The first-order valence-electron chi connectivity index (χ1n) is 10.3. The molecule has 6 N–H and O–H groups in total. The van der Waals surface area contributed by atoms with Gasteiger partial charge in [-0.3, -0.25) is 9.98 Å². The molecular formula is C22H35N9O. The summed E-state index contributed by atoms with van der Waals surface area (Å²) >= 11 is 0. The van der Waals surface area contributed by atoms with E-state index in [-0.39, 0.29) is 6.04 Å². The van der Waals surface area contributed by atoms with Crippen LogP contribution >= 0.6 is 0 Å². The Morgan fingerprint density at radius 1 is 1.25 bits per heavy atom. The molecule has 0 aliphatic carbocycles. The van der Waals surface area contributed by atoms with E-state index in [1.165, 1.54) is 0 Å². The molecule has 2 aromatic heterocycles. The van der Waals surface area contributed by atoms with Gasteiger partial charge in [0.1, 0.15) is 22.8 Å². The number of rotatable bonds is 8. The van der Waals surface area contributed by atoms with Crippen molar-refractivity contribution in [3.63, 3.8) is 0 Å². The van der Waals surface area contributed by atoms with Crippen molar-refractivity contribution in [1.82, 2.24) is 19.7 Å². The number of nitrogens with zero attached hydrogens (tertiary/aromatic N) is 6. The summed E-state index contributed by atoms with van der Waals surface area (Å²) in [5, 5.41) is 4.33. The third kappa shape index (κ3) is 5.06. The quantitative estimate of drug-likeness (QED) is 0.419. The van der Waals surface area contributed by atoms with Crippen LogP contribution in [0.3, 0.4) is 0 Å². The second-order valence-electron chi connectivity index (χ2n) is 8.80. The van der Waals surface area contributed by atoms with Crippen molar-refractivity contribution in [3.8, 4) is 17.3 Å². The fraction of sp³-hybridized carbons (Fsp3) is 0.500. The lowest BCUT2D eigenvalue weighted by Gasteiger charge is -2.44. The standard InChI is InChI=1S/C22H35N9O/c1-13(23)15(11-26-7)18(25)29-14(2)21(3,4)22(5,6)32-20-16(12-28-31(20)8)19-27-10-9-17(24)30-19/h9-12,14H,23H2,1-8H3,(H2,25,29)(H2,24,27,30). The van der Waals surface area contributed by atoms with E-state index in [1.807, 2.05) is 20.8 Å². The van der Waals surface area contributed by atoms with Gasteiger partial charge >= 0.3 is 0 Å². The lowest BCUT2D eigenvalue weighted by Crippen LogP contribution is -2.50. The molecule has 2 heterocycles. The average molecular weight is 442 g/mol. The molecule has 10 nitrogen and oxygen atoms in total. The van der Waals surface area contributed by atoms with Gasteiger partial charge in [-0.15, -0.1) is 0 Å². The van der Waals surface area contributed by atoms with Gasteiger partial charge < -0.3 is 21.9 Å². The lowest BCUT2D eigenvalue weighted by atomic mass is 9.72. The maximum absolute atomic E-state index is 6.53. The van der Waals surface area contributed by atoms with E-state index >= 15 is 0 Å². The molecule has 0 saturated heterocycles. The highest BCUT2D eigenvalue weighted by Gasteiger charge is 2.44. The van der Waals surface area contributed by atoms with E-state index in [4.69, 9.17) is 26.9 Å². The second-order valence-corrected chi connectivity index (χ2v) is 8.80. The summed E-state index contributed by atoms with van der Waals surface area (Å²) in [6, 6.07) is 1.42. The van der Waals surface area contributed by atoms with E-state index in [0.29, 0.717) is 40.2 Å². The monoisotopic (exact) mass is 441 g/mol. The molecule has 2 rings (SSSR count). The van der Waals surface area contributed by atoms with Crippen LogP contribution in [0.2, 0.25) is 0 Å². The first-order valence-corrected chi connectivity index (χ1v) is 10.3. The van der Waals surface area contributed by atoms with Gasteiger partial charge in [0, 0.05) is 37.6 Å². The predicted molar refractivity (Wildman–Crippen MR) is 130 cm³/mol. The Morgan fingerprint density at radius 3 is 2.47 bits per heavy atom. The topological polar surface area (TPSA) is 156 Å². The first kappa shape index (κ1) is 24.8. The molecule has 10 heteroatoms. The normalized spacial score (nSPS) is 15.1. The van der Waals surface area contributed by atoms with Gasteiger partial charge in [0.15, 0.2) is 5.82 Å². The molecule has 1 unspecified atom stereocenters. The van der Waals surface area contributed by atoms with Crippen LogP contribution in [0.1, 0.15) is 41.5 Å². The molecule has 32 heavy (non-hydrogen) atoms. The first-order chi connectivity index (χ1) is 14.8. The Balaban J connectivity index is 2.40. The molecule has 0 aliphatic rings. The van der Waals surface area contributed by atoms with E-state index in [9.17, 15) is 0 Å². The largest absolute Gasteiger partial charge is 0.471 e. The number of anilines is 1. The smallest absolute Gasteiger partial charge is 0.223 e. The van der Waals surface area contributed by atoms with Crippen molar-refractivity contribution in [2.45, 2.75) is 53.2 Å². The van der Waals surface area contributed by atoms with Gasteiger partial charge in [-0.25, -0.2) is 14.6 Å². The van der Waals surface area contributed by atoms with Crippen molar-refractivity contribution >= 4 is 17.9 Å². The molecule has 1 atom stereocenters. The number of ether oxygens (including phenoxy) is 1. The summed E-state index contributed by atoms with van der Waals surface area (Å²) in [4.78, 5) is 17.4. The van der Waals surface area contributed by atoms with Gasteiger partial charge in [0.25, 0.3) is 0 Å². The number of nitrogen functional groups attached to an aromatic ring is 1. The molecule has 0 spiro atoms. The van der Waals surface area contributed by atoms with Crippen molar-refractivity contribution < 1.29 is 4.74 Å². The van der Waals surface area contributed by atoms with Crippen LogP contribution in [0, 0.1) is 5.41 Å². The molecule has 0 aromatic carbocycles. The highest BCUT2D eigenvalue weighted by molar-refractivity contribution is 6.14. The molecule has 0 bridgehead atoms. The number of allylic oxidation sites excluding steroid dienone is 1. The zero-order valence-corrected chi connectivity index (χ0v) is 20.2. The predicted octanol–water partition coefficient (Wildman–Crippen LogP) is 2.32. The van der Waals surface area contributed by atoms with Gasteiger partial charge in [-0.05, 0) is 33.8 Å². The van der Waals surface area contributed by atoms with E-state index in [1.54, 1.807) is 50.4 Å². The van der Waals surface area contributed by atoms with Crippen LogP contribution in [-0.2, 0) is 7.05 Å². The minimum Gasteiger partial charge on any atom is -0.471 e. The summed E-state index contributed by atoms with van der Waals surface area (Å²) in [7, 11) is 3.47. The van der Waals surface area contributed by atoms with Crippen molar-refractivity contribution in [2.75, 3.05) is 12.8 Å².